The summed E-state index contributed by atoms with van der Waals surface area (Å²) in [4.78, 5) is 50.9. The first-order valence-electron chi connectivity index (χ1n) is 44.3. The quantitative estimate of drug-likeness (QED) is 0.0265. The average Bonchev–Trinajstić information content (AvgIpc) is 1.71. The van der Waals surface area contributed by atoms with Crippen LogP contribution in [-0.4, -0.2) is 84.6 Å². The van der Waals surface area contributed by atoms with Crippen LogP contribution in [0.5, 0.6) is 0 Å². The first-order chi connectivity index (χ1) is 63.7. The van der Waals surface area contributed by atoms with E-state index in [2.05, 4.69) is 369 Å². The number of halogens is 6. The predicted octanol–water partition coefficient (Wildman–Crippen LogP) is 23.8. The standard InChI is InChI=1S/4C18H15S.C13H18F2O5S.C12H14F2O6S.C9H14F2O3S/c4*1-4-10-16(11-5-1)19(17-12-6-2-7-13-17)18-14-8-3-9-15-18;14-13(15,21(17,18)19)11(16)20-7-12-4-8-1-9(5-12)3-10(2-8)6-12;13-12(14,21(17,18)19)10(16)20-11-3-6-1-7(4-11)9(15)8(2-6)5-11;10-9(11,15(12,13)14)5-8-4-6-1-2-7(8)3-6/h4*1-15H;8-10H,1-7H2,(H,17,18,19);6-8H,1-5H2,(H,17,18,19);6-8H,1-5H2,(H,12,13,14)/q4*+1;;;/p-3. The maximum Gasteiger partial charge on any atom is 0.428 e. The summed E-state index contributed by atoms with van der Waals surface area (Å²) in [5.41, 5.74) is -1.53. The van der Waals surface area contributed by atoms with Crippen LogP contribution in [0.2, 0.25) is 0 Å². The van der Waals surface area contributed by atoms with Crippen molar-refractivity contribution in [1.82, 2.24) is 0 Å². The van der Waals surface area contributed by atoms with Crippen LogP contribution in [0.15, 0.2) is 423 Å². The Morgan fingerprint density at radius 3 is 0.767 bits per heavy atom. The number of ketones is 1. The predicted molar refractivity (Wildman–Crippen MR) is 502 cm³/mol. The molecule has 0 saturated heterocycles. The minimum absolute atomic E-state index is 0.0146. The van der Waals surface area contributed by atoms with Gasteiger partial charge in [0, 0.05) is 23.7 Å². The molecule has 27 heteroatoms. The summed E-state index contributed by atoms with van der Waals surface area (Å²) < 4.78 is 182. The molecule has 0 aliphatic heterocycles. The summed E-state index contributed by atoms with van der Waals surface area (Å²) in [5.74, 6) is -2.94. The van der Waals surface area contributed by atoms with Gasteiger partial charge in [0.05, 0.1) is 50.2 Å². The molecule has 10 bridgehead atoms. The highest BCUT2D eigenvalue weighted by Crippen LogP contribution is 2.61. The molecule has 694 valence electrons. The van der Waals surface area contributed by atoms with E-state index in [4.69, 9.17) is 4.74 Å². The maximum atomic E-state index is 13.2. The van der Waals surface area contributed by atoms with Crippen LogP contribution in [-0.2, 0) is 97.8 Å². The zero-order valence-electron chi connectivity index (χ0n) is 72.7. The van der Waals surface area contributed by atoms with Crippen molar-refractivity contribution < 1.29 is 89.1 Å². The average molecular weight is 1940 g/mol. The van der Waals surface area contributed by atoms with Crippen molar-refractivity contribution >= 4 is 91.7 Å². The second kappa shape index (κ2) is 44.2. The van der Waals surface area contributed by atoms with Gasteiger partial charge in [-0.1, -0.05) is 225 Å². The van der Waals surface area contributed by atoms with E-state index in [1.807, 2.05) is 0 Å². The number of carbonyl (C=O) groups excluding carboxylic acids is 3. The molecule has 12 aromatic rings. The van der Waals surface area contributed by atoms with Gasteiger partial charge in [-0.15, -0.1) is 0 Å². The Morgan fingerprint density at radius 2 is 0.549 bits per heavy atom. The lowest BCUT2D eigenvalue weighted by Gasteiger charge is -2.56. The molecule has 12 aromatic carbocycles. The number of hydrogen-bond donors (Lipinski definition) is 0. The van der Waals surface area contributed by atoms with Gasteiger partial charge < -0.3 is 23.1 Å². The number of fused-ring (bicyclic) bond motifs is 2. The largest absolute Gasteiger partial charge is 0.743 e. The molecule has 5 unspecified atom stereocenters. The summed E-state index contributed by atoms with van der Waals surface area (Å²) in [7, 11) is -17.7. The van der Waals surface area contributed by atoms with Crippen molar-refractivity contribution in [2.24, 2.45) is 58.7 Å². The SMILES string of the molecule is O=C(OCC12CC3CC(CC(C3)C1)C2)C(F)(F)S(=O)(=O)[O-].O=C1C2CC3CC1CC(OC(=O)C(F)(F)S(=O)(=O)[O-])(C3)C2.O=S(=O)([O-])C(F)(F)CC1CC2CCC1C2.c1ccc([S+](c2ccccc2)c2ccccc2)cc1.c1ccc([S+](c2ccccc2)c2ccccc2)cc1.c1ccc([S+](c2ccccc2)c2ccccc2)cc1.c1ccc([S+](c2ccccc2)c2ccccc2)cc1. The second-order valence-electron chi connectivity index (χ2n) is 35.0. The van der Waals surface area contributed by atoms with E-state index in [9.17, 15) is 79.6 Å². The summed E-state index contributed by atoms with van der Waals surface area (Å²) >= 11 is 0. The number of esters is 2. The van der Waals surface area contributed by atoms with Gasteiger partial charge in [-0.2, -0.15) is 26.3 Å². The van der Waals surface area contributed by atoms with Crippen LogP contribution >= 0.6 is 0 Å². The lowest BCUT2D eigenvalue weighted by Crippen LogP contribution is -2.58. The number of hydrogen-bond acceptors (Lipinski definition) is 14. The summed E-state index contributed by atoms with van der Waals surface area (Å²) in [6.45, 7) is -0.208. The first kappa shape index (κ1) is 98.9. The van der Waals surface area contributed by atoms with Crippen LogP contribution in [0.3, 0.4) is 0 Å². The normalized spacial score (nSPS) is 22.3. The van der Waals surface area contributed by atoms with Crippen LogP contribution in [0.25, 0.3) is 0 Å². The van der Waals surface area contributed by atoms with Crippen molar-refractivity contribution in [2.75, 3.05) is 6.61 Å². The highest BCUT2D eigenvalue weighted by atomic mass is 32.2. The van der Waals surface area contributed by atoms with Crippen molar-refractivity contribution in [1.29, 1.82) is 0 Å². The second-order valence-corrected chi connectivity index (χ2v) is 47.4. The Labute approximate surface area is 786 Å². The van der Waals surface area contributed by atoms with Gasteiger partial charge in [0.25, 0.3) is 0 Å². The Bertz CT molecular complexity index is 5220. The summed E-state index contributed by atoms with van der Waals surface area (Å²) in [6, 6.07) is 129. The Hall–Kier alpha value is -10.0. The van der Waals surface area contributed by atoms with Crippen molar-refractivity contribution in [3.63, 3.8) is 0 Å². The third-order valence-corrected chi connectivity index (χ3v) is 36.9. The number of rotatable bonds is 22. The maximum absolute atomic E-state index is 13.2. The number of Topliss-reactive ketones (excluding diaryl/α,β-unsaturated/α-hetero) is 1. The first-order valence-corrected chi connectivity index (χ1v) is 53.4. The van der Waals surface area contributed by atoms with Crippen molar-refractivity contribution in [2.45, 2.75) is 183 Å². The molecule has 0 spiro atoms. The molecule has 0 radical (unpaired) electrons. The van der Waals surface area contributed by atoms with E-state index in [0.29, 0.717) is 49.4 Å². The molecule has 0 N–H and O–H groups in total. The van der Waals surface area contributed by atoms with Crippen LogP contribution in [0.1, 0.15) is 103 Å². The molecule has 10 fully saturated rings. The lowest BCUT2D eigenvalue weighted by atomic mass is 9.50. The highest BCUT2D eigenvalue weighted by molar-refractivity contribution is 7.98. The Kier molecular flexibility index (Phi) is 32.9. The smallest absolute Gasteiger partial charge is 0.428 e. The molecule has 10 saturated carbocycles. The topological polar surface area (TPSA) is 241 Å². The van der Waals surface area contributed by atoms with E-state index in [1.54, 1.807) is 0 Å². The van der Waals surface area contributed by atoms with Crippen molar-refractivity contribution in [3.8, 4) is 0 Å². The molecular weight excluding hydrogens is 1840 g/mol. The third-order valence-electron chi connectivity index (χ3n) is 25.5. The van der Waals surface area contributed by atoms with Gasteiger partial charge in [-0.25, -0.2) is 34.8 Å². The van der Waals surface area contributed by atoms with Gasteiger partial charge in [-0.05, 0) is 277 Å². The van der Waals surface area contributed by atoms with Gasteiger partial charge in [0.15, 0.2) is 89.1 Å². The molecule has 22 rings (SSSR count). The highest BCUT2D eigenvalue weighted by Gasteiger charge is 2.61. The van der Waals surface area contributed by atoms with Crippen LogP contribution in [0, 0.1) is 58.7 Å². The fraction of sp³-hybridized carbons (Fsp3) is 0.292. The summed E-state index contributed by atoms with van der Waals surface area (Å²) in [5, 5.41) is -14.2. The van der Waals surface area contributed by atoms with E-state index in [0.717, 1.165) is 57.8 Å². The minimum Gasteiger partial charge on any atom is -0.743 e. The minimum atomic E-state index is -6.12. The molecule has 0 heterocycles. The van der Waals surface area contributed by atoms with Gasteiger partial charge in [-0.3, -0.25) is 4.79 Å². The van der Waals surface area contributed by atoms with E-state index in [-0.39, 0.29) is 104 Å². The zero-order chi connectivity index (χ0) is 94.0. The van der Waals surface area contributed by atoms with Gasteiger partial charge >= 0.3 is 27.7 Å². The van der Waals surface area contributed by atoms with Crippen molar-refractivity contribution in [3.05, 3.63) is 364 Å². The molecule has 5 atom stereocenters. The molecule has 0 aromatic heterocycles. The zero-order valence-corrected chi connectivity index (χ0v) is 78.4. The molecular formula is C106H103F6O14S7+. The number of ether oxygens (including phenoxy) is 2. The van der Waals surface area contributed by atoms with Gasteiger partial charge in [0.1, 0.15) is 11.4 Å². The molecule has 10 aliphatic rings. The molecule has 10 aliphatic carbocycles. The fourth-order valence-electron chi connectivity index (χ4n) is 20.4. The fourth-order valence-corrected chi connectivity index (χ4v) is 29.7. The van der Waals surface area contributed by atoms with E-state index < -0.39 is 70.1 Å². The van der Waals surface area contributed by atoms with E-state index >= 15 is 0 Å². The number of carbonyl (C=O) groups is 3. The molecule has 133 heavy (non-hydrogen) atoms. The third kappa shape index (κ3) is 25.2. The molecule has 0 amide bonds. The van der Waals surface area contributed by atoms with Gasteiger partial charge in [0.2, 0.25) is 0 Å². The lowest BCUT2D eigenvalue weighted by molar-refractivity contribution is -0.201. The number of benzene rings is 12. The van der Waals surface area contributed by atoms with Crippen LogP contribution in [0.4, 0.5) is 26.3 Å². The van der Waals surface area contributed by atoms with E-state index in [1.165, 1.54) is 58.7 Å². The Morgan fingerprint density at radius 1 is 0.308 bits per heavy atom. The molecule has 14 nitrogen and oxygen atoms in total. The van der Waals surface area contributed by atoms with Crippen LogP contribution < -0.4 is 0 Å². The number of alkyl halides is 6. The summed E-state index contributed by atoms with van der Waals surface area (Å²) in [6.07, 6.45) is 10.7. The Balaban J connectivity index is 0.000000125. The monoisotopic (exact) mass is 1940 g/mol.